The number of aliphatic imine (C=N–C) groups is 1. The summed E-state index contributed by atoms with van der Waals surface area (Å²) in [5, 5.41) is 8.59. The highest BCUT2D eigenvalue weighted by atomic mass is 127. The highest BCUT2D eigenvalue weighted by molar-refractivity contribution is 14.0. The molecule has 154 valence electrons. The molecular formula is C21H24FIN4OS. The predicted molar refractivity (Wildman–Crippen MR) is 127 cm³/mol. The molecule has 0 unspecified atom stereocenters. The van der Waals surface area contributed by atoms with Crippen molar-refractivity contribution in [1.82, 2.24) is 15.6 Å². The molecule has 0 fully saturated rings. The minimum atomic E-state index is -0.424. The largest absolute Gasteiger partial charge is 0.453 e. The number of benzene rings is 1. The van der Waals surface area contributed by atoms with Crippen LogP contribution in [-0.4, -0.2) is 24.0 Å². The zero-order valence-electron chi connectivity index (χ0n) is 16.1. The predicted octanol–water partition coefficient (Wildman–Crippen LogP) is 4.99. The van der Waals surface area contributed by atoms with Gasteiger partial charge in [0.05, 0.1) is 12.7 Å². The molecule has 0 bridgehead atoms. The van der Waals surface area contributed by atoms with E-state index in [9.17, 15) is 4.39 Å². The van der Waals surface area contributed by atoms with Crippen molar-refractivity contribution >= 4 is 41.3 Å². The van der Waals surface area contributed by atoms with E-state index in [0.29, 0.717) is 12.3 Å². The Morgan fingerprint density at radius 1 is 1.21 bits per heavy atom. The number of halogens is 2. The van der Waals surface area contributed by atoms with E-state index in [1.807, 2.05) is 13.0 Å². The third-order valence-corrected chi connectivity index (χ3v) is 4.80. The van der Waals surface area contributed by atoms with Gasteiger partial charge in [0.25, 0.3) is 0 Å². The Balaban J connectivity index is 0.00000300. The molecule has 8 heteroatoms. The lowest BCUT2D eigenvalue weighted by Crippen LogP contribution is -2.38. The molecule has 1 aromatic carbocycles. The molecule has 5 nitrogen and oxygen atoms in total. The summed E-state index contributed by atoms with van der Waals surface area (Å²) in [7, 11) is 0. The molecule has 0 radical (unpaired) electrons. The van der Waals surface area contributed by atoms with Gasteiger partial charge in [0.15, 0.2) is 17.5 Å². The van der Waals surface area contributed by atoms with Crippen LogP contribution >= 0.6 is 35.3 Å². The summed E-state index contributed by atoms with van der Waals surface area (Å²) in [5.74, 6) is 0.959. The van der Waals surface area contributed by atoms with Crippen molar-refractivity contribution in [2.45, 2.75) is 19.9 Å². The number of nitrogens with one attached hydrogen (secondary N) is 2. The van der Waals surface area contributed by atoms with Crippen molar-refractivity contribution in [3.8, 4) is 11.5 Å². The number of ether oxygens (including phenoxy) is 1. The Morgan fingerprint density at radius 2 is 2.10 bits per heavy atom. The average molecular weight is 526 g/mol. The number of rotatable bonds is 8. The van der Waals surface area contributed by atoms with Crippen molar-refractivity contribution < 1.29 is 9.13 Å². The Kier molecular flexibility index (Phi) is 9.85. The highest BCUT2D eigenvalue weighted by Crippen LogP contribution is 2.24. The molecule has 0 aliphatic carbocycles. The van der Waals surface area contributed by atoms with Crippen molar-refractivity contribution in [2.75, 3.05) is 13.1 Å². The van der Waals surface area contributed by atoms with E-state index in [1.165, 1.54) is 10.9 Å². The molecule has 29 heavy (non-hydrogen) atoms. The summed E-state index contributed by atoms with van der Waals surface area (Å²) in [4.78, 5) is 9.82. The summed E-state index contributed by atoms with van der Waals surface area (Å²) < 4.78 is 19.9. The Labute approximate surface area is 191 Å². The lowest BCUT2D eigenvalue weighted by atomic mass is 10.2. The Hall–Kier alpha value is -2.20. The van der Waals surface area contributed by atoms with Gasteiger partial charge in [-0.2, -0.15) is 0 Å². The zero-order valence-corrected chi connectivity index (χ0v) is 19.2. The number of pyridine rings is 1. The van der Waals surface area contributed by atoms with Gasteiger partial charge in [-0.25, -0.2) is 9.38 Å². The van der Waals surface area contributed by atoms with Crippen LogP contribution in [0.5, 0.6) is 11.5 Å². The lowest BCUT2D eigenvalue weighted by molar-refractivity contribution is 0.440. The molecule has 2 heterocycles. The number of hydrogen-bond acceptors (Lipinski definition) is 4. The van der Waals surface area contributed by atoms with Crippen LogP contribution in [0.2, 0.25) is 0 Å². The normalized spacial score (nSPS) is 10.9. The fraction of sp³-hybridized carbons (Fsp3) is 0.238. The van der Waals surface area contributed by atoms with E-state index in [2.05, 4.69) is 38.1 Å². The van der Waals surface area contributed by atoms with Crippen molar-refractivity contribution in [3.05, 3.63) is 76.5 Å². The van der Waals surface area contributed by atoms with Gasteiger partial charge in [0, 0.05) is 24.2 Å². The second kappa shape index (κ2) is 12.4. The topological polar surface area (TPSA) is 58.5 Å². The van der Waals surface area contributed by atoms with Gasteiger partial charge in [-0.15, -0.1) is 35.3 Å². The number of thiophene rings is 1. The van der Waals surface area contributed by atoms with E-state index in [4.69, 9.17) is 4.74 Å². The number of aromatic nitrogens is 1. The van der Waals surface area contributed by atoms with Crippen LogP contribution in [0.4, 0.5) is 4.39 Å². The Bertz CT molecular complexity index is 891. The molecule has 0 spiro atoms. The first-order chi connectivity index (χ1) is 13.7. The summed E-state index contributed by atoms with van der Waals surface area (Å²) in [6.07, 6.45) is 4.13. The molecule has 0 saturated carbocycles. The van der Waals surface area contributed by atoms with Gasteiger partial charge in [0.2, 0.25) is 0 Å². The standard InChI is InChI=1S/C21H23FN4OS.HI/c1-2-24-21(25-11-9-18-6-4-12-28-18)26-14-16-7-8-20(19(22)13-16)27-17-5-3-10-23-15-17;/h3-8,10,12-13,15H,2,9,11,14H2,1H3,(H2,24,25,26);1H. The number of guanidine groups is 1. The zero-order chi connectivity index (χ0) is 19.6. The molecular weight excluding hydrogens is 502 g/mol. The van der Waals surface area contributed by atoms with Crippen LogP contribution in [0.3, 0.4) is 0 Å². The van der Waals surface area contributed by atoms with E-state index in [-0.39, 0.29) is 29.7 Å². The fourth-order valence-electron chi connectivity index (χ4n) is 2.53. The molecule has 0 amide bonds. The van der Waals surface area contributed by atoms with Gasteiger partial charge in [-0.1, -0.05) is 12.1 Å². The summed E-state index contributed by atoms with van der Waals surface area (Å²) in [6.45, 7) is 3.94. The molecule has 0 saturated heterocycles. The quantitative estimate of drug-likeness (QED) is 0.247. The van der Waals surface area contributed by atoms with Gasteiger partial charge >= 0.3 is 0 Å². The minimum Gasteiger partial charge on any atom is -0.453 e. The molecule has 0 aliphatic rings. The molecule has 3 rings (SSSR count). The van der Waals surface area contributed by atoms with Crippen molar-refractivity contribution in [1.29, 1.82) is 0 Å². The van der Waals surface area contributed by atoms with Crippen LogP contribution in [0.25, 0.3) is 0 Å². The molecule has 2 aromatic heterocycles. The van der Waals surface area contributed by atoms with Gasteiger partial charge in [-0.3, -0.25) is 4.98 Å². The van der Waals surface area contributed by atoms with Crippen LogP contribution < -0.4 is 15.4 Å². The number of nitrogens with zero attached hydrogens (tertiary/aromatic N) is 2. The minimum absolute atomic E-state index is 0. The molecule has 3 aromatic rings. The van der Waals surface area contributed by atoms with E-state index >= 15 is 0 Å². The van der Waals surface area contributed by atoms with Gasteiger partial charge < -0.3 is 15.4 Å². The van der Waals surface area contributed by atoms with E-state index in [0.717, 1.165) is 31.0 Å². The van der Waals surface area contributed by atoms with E-state index < -0.39 is 5.82 Å². The van der Waals surface area contributed by atoms with Gasteiger partial charge in [0.1, 0.15) is 5.75 Å². The Morgan fingerprint density at radius 3 is 2.79 bits per heavy atom. The molecule has 0 atom stereocenters. The third-order valence-electron chi connectivity index (χ3n) is 3.87. The lowest BCUT2D eigenvalue weighted by Gasteiger charge is -2.11. The first-order valence-electron chi connectivity index (χ1n) is 9.15. The first-order valence-corrected chi connectivity index (χ1v) is 10.0. The third kappa shape index (κ3) is 7.62. The first kappa shape index (κ1) is 23.1. The van der Waals surface area contributed by atoms with Crippen LogP contribution in [0, 0.1) is 5.82 Å². The van der Waals surface area contributed by atoms with Crippen LogP contribution in [-0.2, 0) is 13.0 Å². The second-order valence-corrected chi connectivity index (χ2v) is 7.04. The van der Waals surface area contributed by atoms with Crippen LogP contribution in [0.1, 0.15) is 17.4 Å². The fourth-order valence-corrected chi connectivity index (χ4v) is 3.24. The molecule has 0 aliphatic heterocycles. The van der Waals surface area contributed by atoms with Crippen molar-refractivity contribution in [2.24, 2.45) is 4.99 Å². The smallest absolute Gasteiger partial charge is 0.191 e. The van der Waals surface area contributed by atoms with Crippen LogP contribution in [0.15, 0.2) is 65.2 Å². The van der Waals surface area contributed by atoms with E-state index in [1.54, 1.807) is 41.9 Å². The van der Waals surface area contributed by atoms with Crippen molar-refractivity contribution in [3.63, 3.8) is 0 Å². The SMILES string of the molecule is CCNC(=NCc1ccc(Oc2cccnc2)c(F)c1)NCCc1cccs1.I. The highest BCUT2D eigenvalue weighted by Gasteiger charge is 2.07. The summed E-state index contributed by atoms with van der Waals surface area (Å²) >= 11 is 1.74. The van der Waals surface area contributed by atoms with Gasteiger partial charge in [-0.05, 0) is 54.6 Å². The summed E-state index contributed by atoms with van der Waals surface area (Å²) in [5.41, 5.74) is 0.770. The summed E-state index contributed by atoms with van der Waals surface area (Å²) in [6, 6.07) is 12.5. The monoisotopic (exact) mass is 526 g/mol. The maximum absolute atomic E-state index is 14.3. The average Bonchev–Trinajstić information content (AvgIpc) is 3.22. The number of hydrogen-bond donors (Lipinski definition) is 2. The molecule has 2 N–H and O–H groups in total. The second-order valence-electron chi connectivity index (χ2n) is 6.01. The maximum atomic E-state index is 14.3. The maximum Gasteiger partial charge on any atom is 0.191 e.